The molecule has 0 aromatic heterocycles. The van der Waals surface area contributed by atoms with Crippen LogP contribution in [0.4, 0.5) is 0 Å². The quantitative estimate of drug-likeness (QED) is 0.164. The fourth-order valence-corrected chi connectivity index (χ4v) is 9.58. The Morgan fingerprint density at radius 3 is 2.60 bits per heavy atom. The summed E-state index contributed by atoms with van der Waals surface area (Å²) in [6.45, 7) is 9.98. The first kappa shape index (κ1) is 34.0. The molecule has 7 fully saturated rings. The Hall–Kier alpha value is -1.42. The average molecular weight is 661 g/mol. The van der Waals surface area contributed by atoms with Crippen LogP contribution in [0.2, 0.25) is 0 Å². The zero-order chi connectivity index (χ0) is 32.5. The number of nitrogens with one attached hydrogen (secondary N) is 6. The van der Waals surface area contributed by atoms with Crippen LogP contribution in [0.3, 0.4) is 0 Å². The van der Waals surface area contributed by atoms with E-state index < -0.39 is 6.10 Å². The van der Waals surface area contributed by atoms with Crippen molar-refractivity contribution in [1.29, 1.82) is 0 Å². The van der Waals surface area contributed by atoms with E-state index in [1.807, 2.05) is 4.90 Å². The number of nitrogens with zero attached hydrogens (tertiary/aromatic N) is 2. The van der Waals surface area contributed by atoms with E-state index in [1.165, 1.54) is 19.3 Å². The molecule has 0 aromatic carbocycles. The van der Waals surface area contributed by atoms with Gasteiger partial charge in [0.15, 0.2) is 0 Å². The van der Waals surface area contributed by atoms with Gasteiger partial charge in [-0.25, -0.2) is 0 Å². The van der Waals surface area contributed by atoms with Crippen molar-refractivity contribution in [2.45, 2.75) is 133 Å². The summed E-state index contributed by atoms with van der Waals surface area (Å²) < 4.78 is 12.0. The van der Waals surface area contributed by atoms with Gasteiger partial charge in [0, 0.05) is 69.6 Å². The van der Waals surface area contributed by atoms with Crippen LogP contribution in [0.15, 0.2) is 0 Å². The van der Waals surface area contributed by atoms with Gasteiger partial charge in [0.05, 0.1) is 43.9 Å². The number of ether oxygens (including phenoxy) is 2. The van der Waals surface area contributed by atoms with Gasteiger partial charge in [0.1, 0.15) is 6.29 Å². The number of fused-ring (bicyclic) bond motifs is 1. The predicted octanol–water partition coefficient (Wildman–Crippen LogP) is -0.391. The predicted molar refractivity (Wildman–Crippen MR) is 177 cm³/mol. The highest BCUT2D eigenvalue weighted by molar-refractivity contribution is 5.82. The van der Waals surface area contributed by atoms with E-state index in [-0.39, 0.29) is 60.5 Å². The number of piperidine rings is 2. The third-order valence-corrected chi connectivity index (χ3v) is 12.6. The normalized spacial score (nSPS) is 39.9. The first-order chi connectivity index (χ1) is 22.7. The molecule has 10 atom stereocenters. The summed E-state index contributed by atoms with van der Waals surface area (Å²) in [4.78, 5) is 29.6. The molecule has 5 aliphatic heterocycles. The topological polar surface area (TPSA) is 151 Å². The number of amides is 2. The standard InChI is InChI=1S/C34H60N8O5/c1-21-30(47-20-37-21)17-46-26-7-6-23-11-27(35-15-24(23)10-26)29(44)16-36-32(45)28-12-31(40-33(39-28)41-8-4-3-5-9-41)38-25-13-34(14-25)18-42(19-34)22(2)43/h21,23-31,33,35,37-40,44H,3-20H2,1-2H3,(H,36,45)/t21?,23?,24?,26?,27-,28?,29+,30?,31?,33?/m0/s1. The molecule has 5 heterocycles. The minimum absolute atomic E-state index is 0.0132. The van der Waals surface area contributed by atoms with Gasteiger partial charge in [0.25, 0.3) is 0 Å². The van der Waals surface area contributed by atoms with Crippen molar-refractivity contribution in [2.24, 2.45) is 17.3 Å². The van der Waals surface area contributed by atoms with Crippen LogP contribution < -0.4 is 31.9 Å². The minimum Gasteiger partial charge on any atom is -0.390 e. The van der Waals surface area contributed by atoms with Crippen molar-refractivity contribution in [3.63, 3.8) is 0 Å². The Labute approximate surface area is 280 Å². The molecule has 2 saturated carbocycles. The van der Waals surface area contributed by atoms with Crippen molar-refractivity contribution in [3.8, 4) is 0 Å². The number of likely N-dealkylation sites (tertiary alicyclic amines) is 2. The molecule has 13 heteroatoms. The Morgan fingerprint density at radius 1 is 1.04 bits per heavy atom. The van der Waals surface area contributed by atoms with E-state index in [1.54, 1.807) is 6.92 Å². The third-order valence-electron chi connectivity index (χ3n) is 12.6. The molecule has 1 spiro atoms. The Kier molecular flexibility index (Phi) is 10.7. The van der Waals surface area contributed by atoms with Crippen LogP contribution in [0, 0.1) is 17.3 Å². The smallest absolute Gasteiger partial charge is 0.237 e. The van der Waals surface area contributed by atoms with Crippen molar-refractivity contribution in [1.82, 2.24) is 41.7 Å². The molecule has 0 bridgehead atoms. The first-order valence-corrected chi connectivity index (χ1v) is 18.7. The van der Waals surface area contributed by atoms with E-state index in [9.17, 15) is 14.7 Å². The number of aliphatic hydroxyl groups excluding tert-OH is 1. The molecular weight excluding hydrogens is 600 g/mol. The monoisotopic (exact) mass is 660 g/mol. The van der Waals surface area contributed by atoms with Gasteiger partial charge in [-0.2, -0.15) is 0 Å². The zero-order valence-electron chi connectivity index (χ0n) is 28.6. The highest BCUT2D eigenvalue weighted by Crippen LogP contribution is 2.48. The lowest BCUT2D eigenvalue weighted by Crippen LogP contribution is -2.73. The molecule has 266 valence electrons. The Balaban J connectivity index is 0.860. The maximum Gasteiger partial charge on any atom is 0.237 e. The van der Waals surface area contributed by atoms with Crippen molar-refractivity contribution in [3.05, 3.63) is 0 Å². The molecule has 13 nitrogen and oxygen atoms in total. The summed E-state index contributed by atoms with van der Waals surface area (Å²) in [5.74, 6) is 1.27. The molecule has 0 aromatic rings. The first-order valence-electron chi connectivity index (χ1n) is 18.7. The van der Waals surface area contributed by atoms with Crippen LogP contribution in [0.5, 0.6) is 0 Å². The molecule has 7 N–H and O–H groups in total. The third kappa shape index (κ3) is 7.99. The number of hydrogen-bond donors (Lipinski definition) is 7. The second-order valence-corrected chi connectivity index (χ2v) is 16.0. The summed E-state index contributed by atoms with van der Waals surface area (Å²) in [6, 6.07) is 0.378. The number of aliphatic hydroxyl groups is 1. The van der Waals surface area contributed by atoms with E-state index in [0.29, 0.717) is 43.7 Å². The second-order valence-electron chi connectivity index (χ2n) is 16.0. The van der Waals surface area contributed by atoms with Crippen molar-refractivity contribution >= 4 is 11.8 Å². The minimum atomic E-state index is -0.626. The zero-order valence-corrected chi connectivity index (χ0v) is 28.6. The van der Waals surface area contributed by atoms with Gasteiger partial charge in [-0.05, 0) is 76.7 Å². The lowest BCUT2D eigenvalue weighted by atomic mass is 9.60. The maximum absolute atomic E-state index is 13.6. The molecule has 8 unspecified atom stereocenters. The molecule has 2 aliphatic carbocycles. The number of carbonyl (C=O) groups excluding carboxylic acids is 2. The van der Waals surface area contributed by atoms with Crippen LogP contribution >= 0.6 is 0 Å². The molecule has 47 heavy (non-hydrogen) atoms. The Morgan fingerprint density at radius 2 is 1.85 bits per heavy atom. The van der Waals surface area contributed by atoms with Gasteiger partial charge in [-0.1, -0.05) is 6.42 Å². The number of rotatable bonds is 10. The number of hydrogen-bond acceptors (Lipinski definition) is 11. The molecule has 2 amide bonds. The Bertz CT molecular complexity index is 1080. The lowest BCUT2D eigenvalue weighted by Gasteiger charge is -2.59. The molecule has 7 aliphatic rings. The van der Waals surface area contributed by atoms with Gasteiger partial charge in [0.2, 0.25) is 11.8 Å². The SMILES string of the molecule is CC(=O)N1CC2(CC(NC3CC(C(=O)NC[C@@H](O)[C@@H]4CC5CCC(OCC6OCNC6C)CC5CN4)NC(N4CCCCC4)N3)C2)C1. The van der Waals surface area contributed by atoms with E-state index in [0.717, 1.165) is 71.2 Å². The van der Waals surface area contributed by atoms with Crippen LogP contribution in [-0.2, 0) is 19.1 Å². The van der Waals surface area contributed by atoms with Crippen LogP contribution in [0.25, 0.3) is 0 Å². The molecular formula is C34H60N8O5. The summed E-state index contributed by atoms with van der Waals surface area (Å²) >= 11 is 0. The molecule has 5 saturated heterocycles. The fraction of sp³-hybridized carbons (Fsp3) is 0.941. The number of carbonyl (C=O) groups is 2. The van der Waals surface area contributed by atoms with Gasteiger partial charge < -0.3 is 30.1 Å². The maximum atomic E-state index is 13.6. The molecule has 7 rings (SSSR count). The van der Waals surface area contributed by atoms with Crippen molar-refractivity contribution in [2.75, 3.05) is 52.6 Å². The largest absolute Gasteiger partial charge is 0.390 e. The van der Waals surface area contributed by atoms with E-state index >= 15 is 0 Å². The van der Waals surface area contributed by atoms with E-state index in [2.05, 4.69) is 43.7 Å². The summed E-state index contributed by atoms with van der Waals surface area (Å²) in [5, 5.41) is 32.4. The summed E-state index contributed by atoms with van der Waals surface area (Å²) in [7, 11) is 0. The van der Waals surface area contributed by atoms with E-state index in [4.69, 9.17) is 9.47 Å². The van der Waals surface area contributed by atoms with Gasteiger partial charge in [-0.15, -0.1) is 0 Å². The van der Waals surface area contributed by atoms with Gasteiger partial charge >= 0.3 is 0 Å². The lowest BCUT2D eigenvalue weighted by molar-refractivity contribution is -0.150. The van der Waals surface area contributed by atoms with Crippen LogP contribution in [0.1, 0.15) is 78.1 Å². The van der Waals surface area contributed by atoms with Crippen LogP contribution in [-0.4, -0.2) is 134 Å². The highest BCUT2D eigenvalue weighted by atomic mass is 16.5. The summed E-state index contributed by atoms with van der Waals surface area (Å²) in [5.41, 5.74) is 0.289. The van der Waals surface area contributed by atoms with Crippen molar-refractivity contribution < 1.29 is 24.2 Å². The average Bonchev–Trinajstić information content (AvgIpc) is 3.46. The second kappa shape index (κ2) is 14.8. The summed E-state index contributed by atoms with van der Waals surface area (Å²) in [6.07, 6.45) is 10.3. The van der Waals surface area contributed by atoms with Gasteiger partial charge in [-0.3, -0.25) is 35.8 Å². The highest BCUT2D eigenvalue weighted by Gasteiger charge is 2.53. The fourth-order valence-electron chi connectivity index (χ4n) is 9.58. The molecule has 0 radical (unpaired) electrons.